The number of nitrogens with two attached hydrogens (primary N) is 1. The van der Waals surface area contributed by atoms with Crippen molar-refractivity contribution in [2.75, 3.05) is 7.05 Å². The molecule has 3 nitrogen and oxygen atoms in total. The van der Waals surface area contributed by atoms with Crippen molar-refractivity contribution < 1.29 is 4.79 Å². The van der Waals surface area contributed by atoms with Gasteiger partial charge in [0.2, 0.25) is 5.91 Å². The highest BCUT2D eigenvalue weighted by molar-refractivity contribution is 6.30. The van der Waals surface area contributed by atoms with E-state index in [4.69, 9.17) is 17.3 Å². The van der Waals surface area contributed by atoms with Gasteiger partial charge in [-0.3, -0.25) is 4.79 Å². The molecule has 2 aromatic rings. The minimum atomic E-state index is -0.289. The summed E-state index contributed by atoms with van der Waals surface area (Å²) in [6, 6.07) is 16.9. The topological polar surface area (TPSA) is 46.3 Å². The van der Waals surface area contributed by atoms with E-state index in [0.29, 0.717) is 5.02 Å². The van der Waals surface area contributed by atoms with Crippen molar-refractivity contribution >= 4 is 17.5 Å². The number of benzene rings is 2. The van der Waals surface area contributed by atoms with Gasteiger partial charge in [-0.1, -0.05) is 54.1 Å². The first-order valence-electron chi connectivity index (χ1n) is 7.30. The molecule has 1 amide bonds. The predicted octanol–water partition coefficient (Wildman–Crippen LogP) is 3.95. The smallest absolute Gasteiger partial charge is 0.224 e. The molecule has 0 aliphatic carbocycles. The molecule has 0 spiro atoms. The third-order valence-corrected chi connectivity index (χ3v) is 4.16. The molecular weight excluding hydrogens is 296 g/mol. The number of carbonyl (C=O) groups excluding carboxylic acids is 1. The zero-order valence-electron chi connectivity index (χ0n) is 12.9. The van der Waals surface area contributed by atoms with Crippen LogP contribution in [0.1, 0.15) is 36.6 Å². The molecule has 0 aromatic heterocycles. The zero-order valence-corrected chi connectivity index (χ0v) is 13.6. The van der Waals surface area contributed by atoms with Gasteiger partial charge >= 0.3 is 0 Å². The molecule has 0 bridgehead atoms. The molecule has 0 saturated carbocycles. The van der Waals surface area contributed by atoms with Crippen LogP contribution in [0.3, 0.4) is 0 Å². The summed E-state index contributed by atoms with van der Waals surface area (Å²) in [5.74, 6) is 0.0174. The lowest BCUT2D eigenvalue weighted by Gasteiger charge is -2.27. The van der Waals surface area contributed by atoms with E-state index >= 15 is 0 Å². The maximum absolute atomic E-state index is 12.4. The SMILES string of the molecule is CC(c1cccc(Cl)c1)N(C)C(=O)CC(N)c1ccccc1. The fraction of sp³-hybridized carbons (Fsp3) is 0.278. The van der Waals surface area contributed by atoms with Gasteiger partial charge in [0.05, 0.1) is 6.04 Å². The first-order chi connectivity index (χ1) is 10.5. The second-order valence-electron chi connectivity index (χ2n) is 5.46. The molecule has 0 fully saturated rings. The number of hydrogen-bond donors (Lipinski definition) is 1. The van der Waals surface area contributed by atoms with Gasteiger partial charge < -0.3 is 10.6 Å². The zero-order chi connectivity index (χ0) is 16.1. The van der Waals surface area contributed by atoms with Crippen LogP contribution in [-0.2, 0) is 4.79 Å². The minimum Gasteiger partial charge on any atom is -0.339 e. The molecule has 0 radical (unpaired) electrons. The lowest BCUT2D eigenvalue weighted by molar-refractivity contribution is -0.132. The molecule has 22 heavy (non-hydrogen) atoms. The van der Waals surface area contributed by atoms with E-state index in [2.05, 4.69) is 0 Å². The maximum atomic E-state index is 12.4. The fourth-order valence-corrected chi connectivity index (χ4v) is 2.55. The molecule has 2 aromatic carbocycles. The Hall–Kier alpha value is -1.84. The summed E-state index contributed by atoms with van der Waals surface area (Å²) in [6.07, 6.45) is 0.283. The highest BCUT2D eigenvalue weighted by Gasteiger charge is 2.20. The van der Waals surface area contributed by atoms with Gasteiger partial charge in [0.1, 0.15) is 0 Å². The molecule has 0 heterocycles. The van der Waals surface area contributed by atoms with Crippen molar-refractivity contribution in [1.82, 2.24) is 4.90 Å². The van der Waals surface area contributed by atoms with E-state index < -0.39 is 0 Å². The van der Waals surface area contributed by atoms with Crippen LogP contribution < -0.4 is 5.73 Å². The van der Waals surface area contributed by atoms with Crippen LogP contribution >= 0.6 is 11.6 Å². The Kier molecular flexibility index (Phi) is 5.58. The second kappa shape index (κ2) is 7.43. The molecule has 2 N–H and O–H groups in total. The maximum Gasteiger partial charge on any atom is 0.224 e. The first-order valence-corrected chi connectivity index (χ1v) is 7.68. The van der Waals surface area contributed by atoms with E-state index in [9.17, 15) is 4.79 Å². The highest BCUT2D eigenvalue weighted by Crippen LogP contribution is 2.24. The van der Waals surface area contributed by atoms with E-state index in [-0.39, 0.29) is 24.4 Å². The van der Waals surface area contributed by atoms with E-state index in [1.54, 1.807) is 11.9 Å². The summed E-state index contributed by atoms with van der Waals surface area (Å²) >= 11 is 6.01. The van der Waals surface area contributed by atoms with Gasteiger partial charge in [-0.15, -0.1) is 0 Å². The van der Waals surface area contributed by atoms with Crippen LogP contribution in [0.4, 0.5) is 0 Å². The number of hydrogen-bond acceptors (Lipinski definition) is 2. The standard InChI is InChI=1S/C18H21ClN2O/c1-13(15-9-6-10-16(19)11-15)21(2)18(22)12-17(20)14-7-4-3-5-8-14/h3-11,13,17H,12,20H2,1-2H3. The lowest BCUT2D eigenvalue weighted by Crippen LogP contribution is -2.32. The Morgan fingerprint density at radius 1 is 1.14 bits per heavy atom. The van der Waals surface area contributed by atoms with E-state index in [1.165, 1.54) is 0 Å². The lowest BCUT2D eigenvalue weighted by atomic mass is 10.0. The molecule has 0 saturated heterocycles. The number of halogens is 1. The molecule has 0 aliphatic rings. The first kappa shape index (κ1) is 16.5. The van der Waals surface area contributed by atoms with Crippen LogP contribution in [0.2, 0.25) is 5.02 Å². The Bertz CT molecular complexity index is 630. The third-order valence-electron chi connectivity index (χ3n) is 3.93. The normalized spacial score (nSPS) is 13.5. The Morgan fingerprint density at radius 3 is 2.41 bits per heavy atom. The average Bonchev–Trinajstić information content (AvgIpc) is 2.54. The summed E-state index contributed by atoms with van der Waals surface area (Å²) in [4.78, 5) is 14.2. The largest absolute Gasteiger partial charge is 0.339 e. The molecule has 2 unspecified atom stereocenters. The number of carbonyl (C=O) groups is 1. The van der Waals surface area contributed by atoms with Crippen LogP contribution in [-0.4, -0.2) is 17.9 Å². The summed E-state index contributed by atoms with van der Waals surface area (Å²) in [5, 5.41) is 0.672. The van der Waals surface area contributed by atoms with Crippen molar-refractivity contribution in [2.24, 2.45) is 5.73 Å². The van der Waals surface area contributed by atoms with Crippen LogP contribution in [0.5, 0.6) is 0 Å². The summed E-state index contributed by atoms with van der Waals surface area (Å²) in [5.41, 5.74) is 8.11. The number of nitrogens with zero attached hydrogens (tertiary/aromatic N) is 1. The molecule has 4 heteroatoms. The van der Waals surface area contributed by atoms with Crippen molar-refractivity contribution in [3.63, 3.8) is 0 Å². The van der Waals surface area contributed by atoms with Gasteiger partial charge in [0, 0.05) is 24.5 Å². The molecule has 2 atom stereocenters. The number of rotatable bonds is 5. The average molecular weight is 317 g/mol. The number of amides is 1. The second-order valence-corrected chi connectivity index (χ2v) is 5.89. The van der Waals surface area contributed by atoms with Gasteiger partial charge in [0.25, 0.3) is 0 Å². The van der Waals surface area contributed by atoms with E-state index in [1.807, 2.05) is 61.5 Å². The summed E-state index contributed by atoms with van der Waals surface area (Å²) in [6.45, 7) is 1.98. The molecular formula is C18H21ClN2O. The summed E-state index contributed by atoms with van der Waals surface area (Å²) in [7, 11) is 1.80. The Labute approximate surface area is 136 Å². The minimum absolute atomic E-state index is 0.0174. The van der Waals surface area contributed by atoms with E-state index in [0.717, 1.165) is 11.1 Å². The fourth-order valence-electron chi connectivity index (χ4n) is 2.36. The molecule has 116 valence electrons. The summed E-state index contributed by atoms with van der Waals surface area (Å²) < 4.78 is 0. The van der Waals surface area contributed by atoms with Crippen molar-refractivity contribution in [1.29, 1.82) is 0 Å². The van der Waals surface area contributed by atoms with Gasteiger partial charge in [-0.05, 0) is 30.2 Å². The van der Waals surface area contributed by atoms with Gasteiger partial charge in [0.15, 0.2) is 0 Å². The van der Waals surface area contributed by atoms with Crippen molar-refractivity contribution in [3.8, 4) is 0 Å². The highest BCUT2D eigenvalue weighted by atomic mass is 35.5. The third kappa shape index (κ3) is 4.09. The van der Waals surface area contributed by atoms with Crippen molar-refractivity contribution in [2.45, 2.75) is 25.4 Å². The predicted molar refractivity (Wildman–Crippen MR) is 90.6 cm³/mol. The van der Waals surface area contributed by atoms with Crippen molar-refractivity contribution in [3.05, 3.63) is 70.7 Å². The van der Waals surface area contributed by atoms with Gasteiger partial charge in [-0.2, -0.15) is 0 Å². The molecule has 0 aliphatic heterocycles. The monoisotopic (exact) mass is 316 g/mol. The quantitative estimate of drug-likeness (QED) is 0.908. The van der Waals surface area contributed by atoms with Crippen LogP contribution in [0, 0.1) is 0 Å². The Morgan fingerprint density at radius 2 is 1.77 bits per heavy atom. The van der Waals surface area contributed by atoms with Gasteiger partial charge in [-0.25, -0.2) is 0 Å². The Balaban J connectivity index is 2.02. The molecule has 2 rings (SSSR count). The van der Waals surface area contributed by atoms with Crippen LogP contribution in [0.25, 0.3) is 0 Å². The van der Waals surface area contributed by atoms with Crippen LogP contribution in [0.15, 0.2) is 54.6 Å².